The number of hydrogen-bond donors (Lipinski definition) is 1. The number of aromatic nitrogens is 1. The van der Waals surface area contributed by atoms with Gasteiger partial charge in [0.25, 0.3) is 5.56 Å². The number of pyridine rings is 1. The fraction of sp³-hybridized carbons (Fsp3) is 0.188. The first-order chi connectivity index (χ1) is 10.8. The van der Waals surface area contributed by atoms with Crippen LogP contribution in [-0.2, 0) is 11.3 Å². The van der Waals surface area contributed by atoms with E-state index in [0.717, 1.165) is 0 Å². The van der Waals surface area contributed by atoms with E-state index in [9.17, 15) is 9.59 Å². The van der Waals surface area contributed by atoms with Crippen LogP contribution >= 0.6 is 23.2 Å². The second-order valence-corrected chi connectivity index (χ2v) is 5.93. The Balaban J connectivity index is 2.28. The smallest absolute Gasteiger partial charge is 0.269 e. The van der Waals surface area contributed by atoms with E-state index >= 15 is 0 Å². The summed E-state index contributed by atoms with van der Waals surface area (Å²) in [6, 6.07) is 8.22. The number of rotatable bonds is 3. The van der Waals surface area contributed by atoms with E-state index in [1.165, 1.54) is 4.57 Å². The van der Waals surface area contributed by atoms with Crippen LogP contribution in [0.25, 0.3) is 0 Å². The van der Waals surface area contributed by atoms with E-state index in [1.54, 1.807) is 38.1 Å². The van der Waals surface area contributed by atoms with Gasteiger partial charge in [-0.2, -0.15) is 5.26 Å². The molecule has 0 aliphatic heterocycles. The molecule has 2 rings (SSSR count). The number of hydrogen-bond acceptors (Lipinski definition) is 3. The zero-order chi connectivity index (χ0) is 17.1. The van der Waals surface area contributed by atoms with Crippen molar-refractivity contribution in [3.63, 3.8) is 0 Å². The maximum Gasteiger partial charge on any atom is 0.269 e. The molecular formula is C16H13Cl2N3O2. The molecule has 5 nitrogen and oxygen atoms in total. The van der Waals surface area contributed by atoms with Crippen molar-refractivity contribution in [2.75, 3.05) is 5.32 Å². The highest BCUT2D eigenvalue weighted by Gasteiger charge is 2.13. The first-order valence-corrected chi connectivity index (χ1v) is 7.44. The predicted octanol–water partition coefficient (Wildman–Crippen LogP) is 3.28. The van der Waals surface area contributed by atoms with Crippen LogP contribution in [0.2, 0.25) is 10.0 Å². The van der Waals surface area contributed by atoms with E-state index in [4.69, 9.17) is 28.5 Å². The number of carbonyl (C=O) groups excluding carboxylic acids is 1. The van der Waals surface area contributed by atoms with Crippen LogP contribution in [0.3, 0.4) is 0 Å². The lowest BCUT2D eigenvalue weighted by molar-refractivity contribution is -0.116. The summed E-state index contributed by atoms with van der Waals surface area (Å²) in [4.78, 5) is 24.4. The number of halogens is 2. The van der Waals surface area contributed by atoms with Crippen molar-refractivity contribution in [1.82, 2.24) is 4.57 Å². The monoisotopic (exact) mass is 349 g/mol. The van der Waals surface area contributed by atoms with Crippen molar-refractivity contribution >= 4 is 34.8 Å². The Morgan fingerprint density at radius 1 is 1.22 bits per heavy atom. The molecule has 0 saturated heterocycles. The Morgan fingerprint density at radius 2 is 1.83 bits per heavy atom. The number of nitrogens with zero attached hydrogens (tertiary/aromatic N) is 2. The summed E-state index contributed by atoms with van der Waals surface area (Å²) < 4.78 is 1.26. The maximum atomic E-state index is 12.3. The van der Waals surface area contributed by atoms with E-state index in [0.29, 0.717) is 27.0 Å². The van der Waals surface area contributed by atoms with Crippen LogP contribution in [0.15, 0.2) is 29.1 Å². The van der Waals surface area contributed by atoms with Crippen molar-refractivity contribution in [3.05, 3.63) is 61.5 Å². The highest BCUT2D eigenvalue weighted by Crippen LogP contribution is 2.22. The molecule has 0 bridgehead atoms. The van der Waals surface area contributed by atoms with Crippen molar-refractivity contribution in [2.45, 2.75) is 20.4 Å². The normalized spacial score (nSPS) is 10.2. The van der Waals surface area contributed by atoms with Crippen molar-refractivity contribution in [1.29, 1.82) is 5.26 Å². The standard InChI is InChI=1S/C16H13Cl2N3O2/c1-9-3-10(2)21(16(23)14(9)7-19)8-15(22)20-13-5-11(17)4-12(18)6-13/h3-6H,8H2,1-2H3,(H,20,22). The summed E-state index contributed by atoms with van der Waals surface area (Å²) in [6.45, 7) is 3.19. The third-order valence-electron chi connectivity index (χ3n) is 3.26. The zero-order valence-corrected chi connectivity index (χ0v) is 14.0. The predicted molar refractivity (Wildman–Crippen MR) is 90.0 cm³/mol. The third-order valence-corrected chi connectivity index (χ3v) is 3.70. The van der Waals surface area contributed by atoms with Gasteiger partial charge in [0.05, 0.1) is 0 Å². The number of aryl methyl sites for hydroxylation is 2. The molecule has 0 fully saturated rings. The van der Waals surface area contributed by atoms with Gasteiger partial charge in [-0.15, -0.1) is 0 Å². The minimum absolute atomic E-state index is 0.0363. The summed E-state index contributed by atoms with van der Waals surface area (Å²) >= 11 is 11.7. The summed E-state index contributed by atoms with van der Waals surface area (Å²) in [5.74, 6) is -0.415. The van der Waals surface area contributed by atoms with E-state index in [2.05, 4.69) is 5.32 Å². The molecule has 1 N–H and O–H groups in total. The van der Waals surface area contributed by atoms with Gasteiger partial charge in [-0.05, 0) is 43.7 Å². The Bertz CT molecular complexity index is 862. The average molecular weight is 350 g/mol. The molecule has 7 heteroatoms. The van der Waals surface area contributed by atoms with Crippen molar-refractivity contribution in [3.8, 4) is 6.07 Å². The lowest BCUT2D eigenvalue weighted by Crippen LogP contribution is -2.31. The molecule has 0 saturated carbocycles. The van der Waals surface area contributed by atoms with Gasteiger partial charge in [-0.1, -0.05) is 23.2 Å². The maximum absolute atomic E-state index is 12.3. The van der Waals surface area contributed by atoms with Gasteiger partial charge in [0.1, 0.15) is 18.2 Å². The first kappa shape index (κ1) is 17.1. The number of nitrogens with one attached hydrogen (secondary N) is 1. The highest BCUT2D eigenvalue weighted by atomic mass is 35.5. The number of carbonyl (C=O) groups is 1. The molecule has 2 aromatic rings. The summed E-state index contributed by atoms with van der Waals surface area (Å²) in [5, 5.41) is 12.5. The SMILES string of the molecule is Cc1cc(C)n(CC(=O)Nc2cc(Cl)cc(Cl)c2)c(=O)c1C#N. The van der Waals surface area contributed by atoms with E-state index in [1.807, 2.05) is 6.07 Å². The van der Waals surface area contributed by atoms with Gasteiger partial charge in [0, 0.05) is 21.4 Å². The number of benzene rings is 1. The minimum Gasteiger partial charge on any atom is -0.324 e. The van der Waals surface area contributed by atoms with Gasteiger partial charge in [0.2, 0.25) is 5.91 Å². The van der Waals surface area contributed by atoms with Gasteiger partial charge in [-0.3, -0.25) is 9.59 Å². The molecule has 0 aliphatic rings. The van der Waals surface area contributed by atoms with Crippen LogP contribution in [0.1, 0.15) is 16.8 Å². The van der Waals surface area contributed by atoms with E-state index in [-0.39, 0.29) is 12.1 Å². The summed E-state index contributed by atoms with van der Waals surface area (Å²) in [5.41, 5.74) is 1.18. The van der Waals surface area contributed by atoms with Crippen LogP contribution in [-0.4, -0.2) is 10.5 Å². The van der Waals surface area contributed by atoms with Crippen LogP contribution < -0.4 is 10.9 Å². The summed E-state index contributed by atoms with van der Waals surface area (Å²) in [6.07, 6.45) is 0. The molecular weight excluding hydrogens is 337 g/mol. The second kappa shape index (κ2) is 6.86. The summed E-state index contributed by atoms with van der Waals surface area (Å²) in [7, 11) is 0. The topological polar surface area (TPSA) is 74.9 Å². The molecule has 0 spiro atoms. The van der Waals surface area contributed by atoms with Gasteiger partial charge >= 0.3 is 0 Å². The van der Waals surface area contributed by atoms with Crippen molar-refractivity contribution in [2.24, 2.45) is 0 Å². The highest BCUT2D eigenvalue weighted by molar-refractivity contribution is 6.35. The molecule has 1 aromatic heterocycles. The average Bonchev–Trinajstić information content (AvgIpc) is 2.42. The Morgan fingerprint density at radius 3 is 2.39 bits per heavy atom. The van der Waals surface area contributed by atoms with E-state index < -0.39 is 11.5 Å². The number of anilines is 1. The molecule has 1 aromatic carbocycles. The zero-order valence-electron chi connectivity index (χ0n) is 12.5. The Labute approximate surface area is 143 Å². The lowest BCUT2D eigenvalue weighted by atomic mass is 10.1. The largest absolute Gasteiger partial charge is 0.324 e. The quantitative estimate of drug-likeness (QED) is 0.923. The molecule has 118 valence electrons. The molecule has 0 aliphatic carbocycles. The van der Waals surface area contributed by atoms with Crippen molar-refractivity contribution < 1.29 is 4.79 Å². The number of amides is 1. The fourth-order valence-electron chi connectivity index (χ4n) is 2.23. The molecule has 1 heterocycles. The Hall–Kier alpha value is -2.29. The first-order valence-electron chi connectivity index (χ1n) is 6.69. The molecule has 23 heavy (non-hydrogen) atoms. The number of nitriles is 1. The molecule has 0 radical (unpaired) electrons. The Kier molecular flexibility index (Phi) is 5.09. The van der Waals surface area contributed by atoms with Crippen LogP contribution in [0.5, 0.6) is 0 Å². The van der Waals surface area contributed by atoms with Gasteiger partial charge in [-0.25, -0.2) is 0 Å². The minimum atomic E-state index is -0.482. The fourth-order valence-corrected chi connectivity index (χ4v) is 2.76. The van der Waals surface area contributed by atoms with Gasteiger partial charge < -0.3 is 9.88 Å². The molecule has 0 unspecified atom stereocenters. The van der Waals surface area contributed by atoms with Gasteiger partial charge in [0.15, 0.2) is 0 Å². The van der Waals surface area contributed by atoms with Crippen LogP contribution in [0, 0.1) is 25.2 Å². The molecule has 0 atom stereocenters. The lowest BCUT2D eigenvalue weighted by Gasteiger charge is -2.12. The molecule has 1 amide bonds. The third kappa shape index (κ3) is 3.92. The second-order valence-electron chi connectivity index (χ2n) is 5.05. The van der Waals surface area contributed by atoms with Crippen LogP contribution in [0.4, 0.5) is 5.69 Å².